The van der Waals surface area contributed by atoms with Crippen LogP contribution in [0.5, 0.6) is 5.88 Å². The van der Waals surface area contributed by atoms with Crippen molar-refractivity contribution < 1.29 is 9.53 Å². The number of hydrogen-bond donors (Lipinski definition) is 2. The van der Waals surface area contributed by atoms with Crippen LogP contribution in [0.1, 0.15) is 29.8 Å². The number of ether oxygens (including phenoxy) is 1. The van der Waals surface area contributed by atoms with Crippen molar-refractivity contribution in [2.75, 3.05) is 13.1 Å². The van der Waals surface area contributed by atoms with Crippen molar-refractivity contribution in [1.29, 1.82) is 0 Å². The highest BCUT2D eigenvalue weighted by atomic mass is 35.5. The molecule has 3 heterocycles. The molecule has 8 heteroatoms. The fourth-order valence-corrected chi connectivity index (χ4v) is 4.05. The van der Waals surface area contributed by atoms with Gasteiger partial charge in [0.1, 0.15) is 5.82 Å². The number of piperidine rings is 1. The molecule has 1 saturated heterocycles. The van der Waals surface area contributed by atoms with Crippen LogP contribution < -0.4 is 15.8 Å². The van der Waals surface area contributed by atoms with Gasteiger partial charge in [0.05, 0.1) is 11.6 Å². The van der Waals surface area contributed by atoms with E-state index in [4.69, 9.17) is 10.5 Å². The highest BCUT2D eigenvalue weighted by Crippen LogP contribution is 2.44. The van der Waals surface area contributed by atoms with Crippen LogP contribution in [0.4, 0.5) is 4.79 Å². The molecule has 0 aliphatic carbocycles. The zero-order chi connectivity index (χ0) is 15.9. The molecule has 1 aromatic carbocycles. The minimum Gasteiger partial charge on any atom is -0.392 e. The van der Waals surface area contributed by atoms with Crippen molar-refractivity contribution in [2.45, 2.75) is 31.2 Å². The van der Waals surface area contributed by atoms with Crippen molar-refractivity contribution in [3.05, 3.63) is 47.4 Å². The average Bonchev–Trinajstić information content (AvgIpc) is 2.90. The molecule has 0 bridgehead atoms. The maximum atomic E-state index is 11.2. The molecule has 1 fully saturated rings. The topological polar surface area (TPSA) is 82.2 Å². The number of rotatable bonds is 1. The lowest BCUT2D eigenvalue weighted by Gasteiger charge is -2.37. The van der Waals surface area contributed by atoms with Crippen LogP contribution in [0.3, 0.4) is 0 Å². The number of primary amides is 1. The van der Waals surface area contributed by atoms with Crippen LogP contribution in [0.25, 0.3) is 0 Å². The van der Waals surface area contributed by atoms with Gasteiger partial charge in [-0.1, -0.05) is 24.3 Å². The van der Waals surface area contributed by atoms with E-state index in [1.54, 1.807) is 6.20 Å². The van der Waals surface area contributed by atoms with E-state index < -0.39 is 6.09 Å². The first-order valence-electron chi connectivity index (χ1n) is 8.03. The Morgan fingerprint density at radius 3 is 2.68 bits per heavy atom. The van der Waals surface area contributed by atoms with E-state index in [1.165, 1.54) is 11.1 Å². The Morgan fingerprint density at radius 1 is 1.24 bits per heavy atom. The van der Waals surface area contributed by atoms with Crippen molar-refractivity contribution >= 4 is 30.9 Å². The number of aromatic nitrogens is 2. The largest absolute Gasteiger partial charge is 0.411 e. The smallest absolute Gasteiger partial charge is 0.392 e. The number of fused-ring (bicyclic) bond motifs is 4. The van der Waals surface area contributed by atoms with Gasteiger partial charge in [-0.3, -0.25) is 4.57 Å². The van der Waals surface area contributed by atoms with Crippen LogP contribution in [0.15, 0.2) is 30.5 Å². The molecule has 0 unspecified atom stereocenters. The third-order valence-corrected chi connectivity index (χ3v) is 5.05. The van der Waals surface area contributed by atoms with Crippen LogP contribution in [0, 0.1) is 0 Å². The van der Waals surface area contributed by atoms with E-state index in [9.17, 15) is 4.79 Å². The van der Waals surface area contributed by atoms with Crippen molar-refractivity contribution in [2.24, 2.45) is 5.73 Å². The highest BCUT2D eigenvalue weighted by molar-refractivity contribution is 5.85. The summed E-state index contributed by atoms with van der Waals surface area (Å²) in [5, 5.41) is 3.43. The van der Waals surface area contributed by atoms with Gasteiger partial charge >= 0.3 is 6.09 Å². The molecule has 1 amide bonds. The Balaban J connectivity index is 0.00000113. The highest BCUT2D eigenvalue weighted by Gasteiger charge is 2.42. The Hall–Kier alpha value is -1.76. The number of carbonyl (C=O) groups excluding carboxylic acids is 1. The summed E-state index contributed by atoms with van der Waals surface area (Å²) in [7, 11) is 0. The molecule has 4 rings (SSSR count). The number of nitrogens with two attached hydrogens (primary N) is 1. The molecule has 6 nitrogen and oxygen atoms in total. The van der Waals surface area contributed by atoms with Crippen molar-refractivity contribution in [1.82, 2.24) is 14.9 Å². The predicted octanol–water partition coefficient (Wildman–Crippen LogP) is 2.41. The molecule has 1 aromatic heterocycles. The van der Waals surface area contributed by atoms with Crippen molar-refractivity contribution in [3.8, 4) is 5.88 Å². The molecule has 2 aromatic rings. The van der Waals surface area contributed by atoms with E-state index in [2.05, 4.69) is 34.6 Å². The summed E-state index contributed by atoms with van der Waals surface area (Å²) in [6.45, 7) is 2.64. The van der Waals surface area contributed by atoms with Gasteiger partial charge in [-0.15, -0.1) is 24.8 Å². The fourth-order valence-electron chi connectivity index (χ4n) is 4.05. The molecule has 0 atom stereocenters. The van der Waals surface area contributed by atoms with Gasteiger partial charge in [-0.25, -0.2) is 9.78 Å². The molecule has 0 radical (unpaired) electrons. The zero-order valence-electron chi connectivity index (χ0n) is 13.7. The van der Waals surface area contributed by atoms with Gasteiger partial charge in [-0.2, -0.15) is 0 Å². The number of nitrogens with zero attached hydrogens (tertiary/aromatic N) is 2. The van der Waals surface area contributed by atoms with Crippen LogP contribution in [0.2, 0.25) is 0 Å². The number of benzene rings is 1. The third-order valence-electron chi connectivity index (χ3n) is 5.05. The SMILES string of the molecule is Cl.Cl.NC(=O)Oc1cnc2n1CCc1ccccc1C21CCNCC1. The van der Waals surface area contributed by atoms with Gasteiger partial charge in [0.15, 0.2) is 0 Å². The first kappa shape index (κ1) is 19.6. The molecule has 2 aliphatic rings. The second-order valence-electron chi connectivity index (χ2n) is 6.23. The van der Waals surface area contributed by atoms with Crippen molar-refractivity contribution in [3.63, 3.8) is 0 Å². The fraction of sp³-hybridized carbons (Fsp3) is 0.412. The summed E-state index contributed by atoms with van der Waals surface area (Å²) in [4.78, 5) is 15.8. The van der Waals surface area contributed by atoms with Gasteiger partial charge in [-0.05, 0) is 43.5 Å². The van der Waals surface area contributed by atoms with Gasteiger partial charge in [0.25, 0.3) is 0 Å². The number of aryl methyl sites for hydroxylation is 1. The summed E-state index contributed by atoms with van der Waals surface area (Å²) in [6, 6.07) is 8.60. The standard InChI is InChI=1S/C17H20N4O2.2ClH/c18-16(22)23-14-11-20-15-17(6-8-19-9-7-17)13-4-2-1-3-12(13)5-10-21(14)15;;/h1-4,11,19H,5-10H2,(H2,18,22);2*1H. The maximum Gasteiger partial charge on any atom is 0.411 e. The van der Waals surface area contributed by atoms with Gasteiger partial charge in [0, 0.05) is 6.54 Å². The molecule has 136 valence electrons. The minimum absolute atomic E-state index is 0. The second kappa shape index (κ2) is 7.64. The van der Waals surface area contributed by atoms with Gasteiger partial charge in [0.2, 0.25) is 5.88 Å². The second-order valence-corrected chi connectivity index (χ2v) is 6.23. The van der Waals surface area contributed by atoms with E-state index in [0.29, 0.717) is 5.88 Å². The number of hydrogen-bond acceptors (Lipinski definition) is 4. The lowest BCUT2D eigenvalue weighted by Crippen LogP contribution is -2.42. The number of halogens is 2. The predicted molar refractivity (Wildman–Crippen MR) is 100.0 cm³/mol. The number of nitrogens with one attached hydrogen (secondary N) is 1. The lowest BCUT2D eigenvalue weighted by molar-refractivity contribution is 0.206. The zero-order valence-corrected chi connectivity index (χ0v) is 15.4. The quantitative estimate of drug-likeness (QED) is 0.790. The third kappa shape index (κ3) is 3.21. The minimum atomic E-state index is -0.797. The summed E-state index contributed by atoms with van der Waals surface area (Å²) >= 11 is 0. The van der Waals surface area contributed by atoms with E-state index >= 15 is 0 Å². The summed E-state index contributed by atoms with van der Waals surface area (Å²) in [5.74, 6) is 1.43. The summed E-state index contributed by atoms with van der Waals surface area (Å²) < 4.78 is 7.19. The molecule has 0 saturated carbocycles. The molecule has 1 spiro atoms. The Morgan fingerprint density at radius 2 is 1.96 bits per heavy atom. The number of amides is 1. The molecular weight excluding hydrogens is 363 g/mol. The monoisotopic (exact) mass is 384 g/mol. The Labute approximate surface area is 159 Å². The number of imidazole rings is 1. The van der Waals surface area contributed by atoms with Crippen LogP contribution in [-0.2, 0) is 18.4 Å². The van der Waals surface area contributed by atoms with Crippen LogP contribution >= 0.6 is 24.8 Å². The molecular formula is C17H22Cl2N4O2. The van der Waals surface area contributed by atoms with E-state index in [-0.39, 0.29) is 30.2 Å². The first-order chi connectivity index (χ1) is 11.2. The normalized spacial score (nSPS) is 17.3. The van der Waals surface area contributed by atoms with Crippen LogP contribution in [-0.4, -0.2) is 28.7 Å². The molecule has 3 N–H and O–H groups in total. The number of carbonyl (C=O) groups is 1. The lowest BCUT2D eigenvalue weighted by atomic mass is 9.71. The average molecular weight is 385 g/mol. The molecule has 25 heavy (non-hydrogen) atoms. The van der Waals surface area contributed by atoms with E-state index in [0.717, 1.165) is 44.7 Å². The summed E-state index contributed by atoms with van der Waals surface area (Å²) in [5.41, 5.74) is 7.78. The first-order valence-corrected chi connectivity index (χ1v) is 8.03. The van der Waals surface area contributed by atoms with Gasteiger partial charge < -0.3 is 15.8 Å². The molecule has 2 aliphatic heterocycles. The summed E-state index contributed by atoms with van der Waals surface area (Å²) in [6.07, 6.45) is 3.68. The maximum absolute atomic E-state index is 11.2. The Bertz CT molecular complexity index is 757. The van der Waals surface area contributed by atoms with E-state index in [1.807, 2.05) is 4.57 Å². The Kier molecular flexibility index (Phi) is 5.98.